The van der Waals surface area contributed by atoms with Gasteiger partial charge in [-0.15, -0.1) is 0 Å². The molecule has 2 unspecified atom stereocenters. The predicted molar refractivity (Wildman–Crippen MR) is 94.2 cm³/mol. The summed E-state index contributed by atoms with van der Waals surface area (Å²) < 4.78 is 5.93. The Morgan fingerprint density at radius 1 is 1.12 bits per heavy atom. The highest BCUT2D eigenvalue weighted by Crippen LogP contribution is 2.29. The number of aliphatic hydroxyl groups excluding tert-OH is 1. The minimum atomic E-state index is -0.565. The Balaban J connectivity index is 2.09. The highest BCUT2D eigenvalue weighted by molar-refractivity contribution is 5.74. The van der Waals surface area contributed by atoms with Crippen molar-refractivity contribution in [2.75, 3.05) is 13.6 Å². The first-order valence-electron chi connectivity index (χ1n) is 7.99. The molecule has 128 valence electrons. The number of hydrogen-bond donors (Lipinski definition) is 2. The van der Waals surface area contributed by atoms with Crippen molar-refractivity contribution in [1.29, 1.82) is 0 Å². The van der Waals surface area contributed by atoms with Crippen molar-refractivity contribution < 1.29 is 14.6 Å². The molecule has 0 aromatic heterocycles. The molecule has 2 N–H and O–H groups in total. The number of urea groups is 1. The standard InChI is InChI=1S/C19H24N2O3/c1-14(22)13-21(3)19(23)20-15(2)17-11-7-8-12-18(17)24-16-9-5-4-6-10-16/h4-12,14-15,22H,13H2,1-3H3,(H,20,23). The van der Waals surface area contributed by atoms with Gasteiger partial charge in [0.05, 0.1) is 12.1 Å². The number of nitrogens with one attached hydrogen (secondary N) is 1. The lowest BCUT2D eigenvalue weighted by molar-refractivity contribution is 0.142. The average molecular weight is 328 g/mol. The summed E-state index contributed by atoms with van der Waals surface area (Å²) >= 11 is 0. The van der Waals surface area contributed by atoms with Crippen LogP contribution in [0.25, 0.3) is 0 Å². The Bertz CT molecular complexity index is 659. The van der Waals surface area contributed by atoms with E-state index in [0.29, 0.717) is 5.75 Å². The van der Waals surface area contributed by atoms with E-state index < -0.39 is 6.10 Å². The molecular formula is C19H24N2O3. The van der Waals surface area contributed by atoms with Gasteiger partial charge in [-0.2, -0.15) is 0 Å². The smallest absolute Gasteiger partial charge is 0.317 e. The van der Waals surface area contributed by atoms with Crippen LogP contribution in [0, 0.1) is 0 Å². The number of para-hydroxylation sites is 2. The zero-order chi connectivity index (χ0) is 17.5. The van der Waals surface area contributed by atoms with Gasteiger partial charge in [0, 0.05) is 19.2 Å². The number of nitrogens with zero attached hydrogens (tertiary/aromatic N) is 1. The molecule has 0 radical (unpaired) electrons. The first kappa shape index (κ1) is 17.8. The second-order valence-corrected chi connectivity index (χ2v) is 5.85. The normalized spacial score (nSPS) is 13.0. The fourth-order valence-electron chi connectivity index (χ4n) is 2.40. The molecule has 0 saturated heterocycles. The van der Waals surface area contributed by atoms with E-state index in [0.717, 1.165) is 11.3 Å². The maximum atomic E-state index is 12.2. The van der Waals surface area contributed by atoms with E-state index in [-0.39, 0.29) is 18.6 Å². The SMILES string of the molecule is CC(O)CN(C)C(=O)NC(C)c1ccccc1Oc1ccccc1. The predicted octanol–water partition coefficient (Wildman–Crippen LogP) is 3.56. The number of ether oxygens (including phenoxy) is 1. The lowest BCUT2D eigenvalue weighted by Gasteiger charge is -2.23. The van der Waals surface area contributed by atoms with E-state index >= 15 is 0 Å². The van der Waals surface area contributed by atoms with Gasteiger partial charge >= 0.3 is 6.03 Å². The third kappa shape index (κ3) is 4.99. The van der Waals surface area contributed by atoms with Crippen molar-refractivity contribution in [3.8, 4) is 11.5 Å². The minimum absolute atomic E-state index is 0.228. The molecule has 24 heavy (non-hydrogen) atoms. The second-order valence-electron chi connectivity index (χ2n) is 5.85. The van der Waals surface area contributed by atoms with Gasteiger partial charge < -0.3 is 20.1 Å². The summed E-state index contributed by atoms with van der Waals surface area (Å²) in [5.74, 6) is 1.45. The zero-order valence-corrected chi connectivity index (χ0v) is 14.3. The van der Waals surface area contributed by atoms with Gasteiger partial charge in [0.2, 0.25) is 0 Å². The second kappa shape index (κ2) is 8.36. The van der Waals surface area contributed by atoms with Crippen molar-refractivity contribution in [2.45, 2.75) is 26.0 Å². The Kier molecular flexibility index (Phi) is 6.21. The van der Waals surface area contributed by atoms with Crippen LogP contribution >= 0.6 is 0 Å². The molecule has 5 heteroatoms. The number of likely N-dealkylation sites (N-methyl/N-ethyl adjacent to an activating group) is 1. The summed E-state index contributed by atoms with van der Waals surface area (Å²) in [5, 5.41) is 12.3. The number of benzene rings is 2. The van der Waals surface area contributed by atoms with Gasteiger partial charge in [-0.1, -0.05) is 36.4 Å². The van der Waals surface area contributed by atoms with Crippen LogP contribution in [0.4, 0.5) is 4.79 Å². The van der Waals surface area contributed by atoms with Crippen LogP contribution in [0.3, 0.4) is 0 Å². The van der Waals surface area contributed by atoms with Crippen molar-refractivity contribution in [3.05, 3.63) is 60.2 Å². The summed E-state index contributed by atoms with van der Waals surface area (Å²) in [6.45, 7) is 3.83. The molecule has 0 heterocycles. The Morgan fingerprint density at radius 2 is 1.75 bits per heavy atom. The molecule has 2 aromatic carbocycles. The number of carbonyl (C=O) groups is 1. The summed E-state index contributed by atoms with van der Waals surface area (Å²) in [6, 6.07) is 16.7. The number of hydrogen-bond acceptors (Lipinski definition) is 3. The zero-order valence-electron chi connectivity index (χ0n) is 14.3. The van der Waals surface area contributed by atoms with Crippen LogP contribution in [-0.4, -0.2) is 35.7 Å². The summed E-state index contributed by atoms with van der Waals surface area (Å²) in [5.41, 5.74) is 0.889. The average Bonchev–Trinajstić information content (AvgIpc) is 2.55. The van der Waals surface area contributed by atoms with Crippen LogP contribution in [0.1, 0.15) is 25.5 Å². The fraction of sp³-hybridized carbons (Fsp3) is 0.316. The molecule has 2 aromatic rings. The summed E-state index contributed by atoms with van der Waals surface area (Å²) in [6.07, 6.45) is -0.565. The maximum absolute atomic E-state index is 12.2. The minimum Gasteiger partial charge on any atom is -0.457 e. The van der Waals surface area contributed by atoms with Gasteiger partial charge in [-0.05, 0) is 32.0 Å². The number of amides is 2. The molecule has 0 aliphatic carbocycles. The highest BCUT2D eigenvalue weighted by atomic mass is 16.5. The Labute approximate surface area is 142 Å². The molecule has 0 fully saturated rings. The van der Waals surface area contributed by atoms with Crippen molar-refractivity contribution in [2.24, 2.45) is 0 Å². The van der Waals surface area contributed by atoms with Crippen LogP contribution in [0.5, 0.6) is 11.5 Å². The van der Waals surface area contributed by atoms with E-state index in [4.69, 9.17) is 4.74 Å². The third-order valence-electron chi connectivity index (χ3n) is 3.58. The van der Waals surface area contributed by atoms with Crippen LogP contribution in [0.2, 0.25) is 0 Å². The van der Waals surface area contributed by atoms with Crippen LogP contribution < -0.4 is 10.1 Å². The Morgan fingerprint density at radius 3 is 2.42 bits per heavy atom. The number of carbonyl (C=O) groups excluding carboxylic acids is 1. The van der Waals surface area contributed by atoms with Crippen molar-refractivity contribution >= 4 is 6.03 Å². The maximum Gasteiger partial charge on any atom is 0.317 e. The first-order chi connectivity index (χ1) is 11.5. The highest BCUT2D eigenvalue weighted by Gasteiger charge is 2.17. The van der Waals surface area contributed by atoms with E-state index in [2.05, 4.69) is 5.32 Å². The summed E-state index contributed by atoms with van der Waals surface area (Å²) in [4.78, 5) is 13.7. The lowest BCUT2D eigenvalue weighted by atomic mass is 10.1. The molecule has 0 aliphatic rings. The van der Waals surface area contributed by atoms with E-state index in [1.165, 1.54) is 4.90 Å². The van der Waals surface area contributed by atoms with Crippen molar-refractivity contribution in [1.82, 2.24) is 10.2 Å². The van der Waals surface area contributed by atoms with Crippen molar-refractivity contribution in [3.63, 3.8) is 0 Å². The molecule has 0 aliphatic heterocycles. The quantitative estimate of drug-likeness (QED) is 0.852. The first-order valence-corrected chi connectivity index (χ1v) is 7.99. The number of aliphatic hydroxyl groups is 1. The topological polar surface area (TPSA) is 61.8 Å². The van der Waals surface area contributed by atoms with Crippen LogP contribution in [-0.2, 0) is 0 Å². The third-order valence-corrected chi connectivity index (χ3v) is 3.58. The van der Waals surface area contributed by atoms with Gasteiger partial charge in [0.15, 0.2) is 0 Å². The molecule has 0 spiro atoms. The van der Waals surface area contributed by atoms with E-state index in [1.54, 1.807) is 14.0 Å². The van der Waals surface area contributed by atoms with Gasteiger partial charge in [0.25, 0.3) is 0 Å². The number of rotatable bonds is 6. The molecule has 2 atom stereocenters. The summed E-state index contributed by atoms with van der Waals surface area (Å²) in [7, 11) is 1.65. The van der Waals surface area contributed by atoms with Crippen LogP contribution in [0.15, 0.2) is 54.6 Å². The largest absolute Gasteiger partial charge is 0.457 e. The lowest BCUT2D eigenvalue weighted by Crippen LogP contribution is -2.41. The van der Waals surface area contributed by atoms with E-state index in [9.17, 15) is 9.90 Å². The molecule has 2 amide bonds. The fourth-order valence-corrected chi connectivity index (χ4v) is 2.40. The molecule has 0 saturated carbocycles. The molecule has 0 bridgehead atoms. The Hall–Kier alpha value is -2.53. The molecule has 2 rings (SSSR count). The van der Waals surface area contributed by atoms with Gasteiger partial charge in [-0.3, -0.25) is 0 Å². The van der Waals surface area contributed by atoms with E-state index in [1.807, 2.05) is 61.5 Å². The monoisotopic (exact) mass is 328 g/mol. The van der Waals surface area contributed by atoms with Gasteiger partial charge in [-0.25, -0.2) is 4.79 Å². The molecular weight excluding hydrogens is 304 g/mol. The molecule has 5 nitrogen and oxygen atoms in total. The van der Waals surface area contributed by atoms with Gasteiger partial charge in [0.1, 0.15) is 11.5 Å².